The molecule has 0 aliphatic carbocycles. The van der Waals surface area contributed by atoms with Gasteiger partial charge in [-0.25, -0.2) is 0 Å². The highest BCUT2D eigenvalue weighted by Gasteiger charge is 2.42. The predicted octanol–water partition coefficient (Wildman–Crippen LogP) is 1.21. The van der Waals surface area contributed by atoms with Gasteiger partial charge in [-0.2, -0.15) is 0 Å². The highest BCUT2D eigenvalue weighted by molar-refractivity contribution is 6.09. The third-order valence-corrected chi connectivity index (χ3v) is 3.05. The van der Waals surface area contributed by atoms with Gasteiger partial charge in [-0.1, -0.05) is 18.2 Å². The number of rotatable bonds is 3. The summed E-state index contributed by atoms with van der Waals surface area (Å²) in [5.41, 5.74) is 1.22. The average molecular weight is 247 g/mol. The zero-order chi connectivity index (χ0) is 13.3. The van der Waals surface area contributed by atoms with Gasteiger partial charge in [0.05, 0.1) is 12.5 Å². The van der Waals surface area contributed by atoms with Crippen LogP contribution in [0.15, 0.2) is 24.3 Å². The van der Waals surface area contributed by atoms with Gasteiger partial charge in [0.25, 0.3) is 5.91 Å². The number of carboxylic acids is 1. The van der Waals surface area contributed by atoms with Crippen molar-refractivity contribution < 1.29 is 19.5 Å². The topological polar surface area (TPSA) is 74.7 Å². The molecule has 0 radical (unpaired) electrons. The molecule has 2 rings (SSSR count). The Hall–Kier alpha value is -2.17. The minimum atomic E-state index is -1.00. The largest absolute Gasteiger partial charge is 0.481 e. The highest BCUT2D eigenvalue weighted by Crippen LogP contribution is 2.25. The van der Waals surface area contributed by atoms with Crippen LogP contribution in [0.4, 0.5) is 0 Å². The molecule has 18 heavy (non-hydrogen) atoms. The van der Waals surface area contributed by atoms with Gasteiger partial charge in [0, 0.05) is 12.0 Å². The van der Waals surface area contributed by atoms with Gasteiger partial charge in [0.1, 0.15) is 0 Å². The van der Waals surface area contributed by atoms with Gasteiger partial charge in [-0.05, 0) is 18.6 Å². The maximum absolute atomic E-state index is 12.2. The van der Waals surface area contributed by atoms with Crippen LogP contribution in [0.25, 0.3) is 0 Å². The lowest BCUT2D eigenvalue weighted by Crippen LogP contribution is -2.56. The van der Waals surface area contributed by atoms with Gasteiger partial charge in [0.15, 0.2) is 0 Å². The lowest BCUT2D eigenvalue weighted by molar-refractivity contribution is -0.146. The first kappa shape index (κ1) is 12.3. The van der Waals surface area contributed by atoms with Crippen molar-refractivity contribution in [2.45, 2.75) is 25.8 Å². The first-order valence-corrected chi connectivity index (χ1v) is 5.64. The monoisotopic (exact) mass is 247 g/mol. The molecule has 94 valence electrons. The Morgan fingerprint density at radius 3 is 2.61 bits per heavy atom. The number of hydrogen-bond acceptors (Lipinski definition) is 3. The highest BCUT2D eigenvalue weighted by atomic mass is 16.4. The second-order valence-electron chi connectivity index (χ2n) is 4.34. The predicted molar refractivity (Wildman–Crippen MR) is 63.0 cm³/mol. The molecular formula is C13H13NO4. The molecule has 1 N–H and O–H groups in total. The third-order valence-electron chi connectivity index (χ3n) is 3.05. The number of carbonyl (C=O) groups excluding carboxylic acids is 2. The Balaban J connectivity index is 2.20. The lowest BCUT2D eigenvalue weighted by atomic mass is 9.96. The summed E-state index contributed by atoms with van der Waals surface area (Å²) < 4.78 is 0. The van der Waals surface area contributed by atoms with Gasteiger partial charge in [-0.3, -0.25) is 19.3 Å². The summed E-state index contributed by atoms with van der Waals surface area (Å²) in [5, 5.41) is 8.71. The van der Waals surface area contributed by atoms with Gasteiger partial charge < -0.3 is 5.11 Å². The van der Waals surface area contributed by atoms with E-state index in [0.29, 0.717) is 5.56 Å². The molecule has 1 unspecified atom stereocenters. The molecule has 2 amide bonds. The van der Waals surface area contributed by atoms with Crippen molar-refractivity contribution in [1.29, 1.82) is 0 Å². The van der Waals surface area contributed by atoms with E-state index in [1.54, 1.807) is 31.2 Å². The number of aryl methyl sites for hydroxylation is 1. The number of amides is 2. The third kappa shape index (κ3) is 2.11. The van der Waals surface area contributed by atoms with E-state index in [0.717, 1.165) is 10.5 Å². The number of benzene rings is 1. The van der Waals surface area contributed by atoms with Crippen molar-refractivity contribution in [2.75, 3.05) is 0 Å². The average Bonchev–Trinajstić information content (AvgIpc) is 2.27. The molecule has 0 saturated carbocycles. The van der Waals surface area contributed by atoms with Crippen molar-refractivity contribution in [3.8, 4) is 0 Å². The van der Waals surface area contributed by atoms with Gasteiger partial charge in [0.2, 0.25) is 5.91 Å². The van der Waals surface area contributed by atoms with E-state index in [9.17, 15) is 14.4 Å². The van der Waals surface area contributed by atoms with E-state index in [1.165, 1.54) is 0 Å². The molecule has 5 nitrogen and oxygen atoms in total. The Morgan fingerprint density at radius 1 is 1.39 bits per heavy atom. The maximum atomic E-state index is 12.2. The SMILES string of the molecule is Cc1ccccc1C(=O)N1C(=O)CC1CC(=O)O. The smallest absolute Gasteiger partial charge is 0.305 e. The zero-order valence-corrected chi connectivity index (χ0v) is 9.92. The van der Waals surface area contributed by atoms with E-state index in [4.69, 9.17) is 5.11 Å². The standard InChI is InChI=1S/C13H13NO4/c1-8-4-2-3-5-10(8)13(18)14-9(6-11(14)15)7-12(16)17/h2-5,9H,6-7H2,1H3,(H,16,17). The summed E-state index contributed by atoms with van der Waals surface area (Å²) in [6, 6.07) is 6.43. The van der Waals surface area contributed by atoms with E-state index in [-0.39, 0.29) is 18.7 Å². The minimum absolute atomic E-state index is 0.129. The molecule has 1 saturated heterocycles. The van der Waals surface area contributed by atoms with Crippen molar-refractivity contribution in [2.24, 2.45) is 0 Å². The number of carboxylic acid groups (broad SMARTS) is 1. The van der Waals surface area contributed by atoms with E-state index in [2.05, 4.69) is 0 Å². The number of β-lactam (4-membered cyclic amide) rings is 1. The molecule has 1 aromatic carbocycles. The molecule has 1 aliphatic rings. The van der Waals surface area contributed by atoms with Crippen LogP contribution in [0.1, 0.15) is 28.8 Å². The molecule has 5 heteroatoms. The van der Waals surface area contributed by atoms with E-state index >= 15 is 0 Å². The fourth-order valence-corrected chi connectivity index (χ4v) is 2.07. The van der Waals surface area contributed by atoms with Crippen molar-refractivity contribution >= 4 is 17.8 Å². The van der Waals surface area contributed by atoms with Gasteiger partial charge in [-0.15, -0.1) is 0 Å². The molecular weight excluding hydrogens is 234 g/mol. The number of imide groups is 1. The first-order valence-electron chi connectivity index (χ1n) is 5.64. The van der Waals surface area contributed by atoms with Crippen LogP contribution in [0.5, 0.6) is 0 Å². The first-order chi connectivity index (χ1) is 8.50. The second-order valence-corrected chi connectivity index (χ2v) is 4.34. The summed E-state index contributed by atoms with van der Waals surface area (Å²) in [6.45, 7) is 1.78. The van der Waals surface area contributed by atoms with Crippen molar-refractivity contribution in [3.05, 3.63) is 35.4 Å². The number of nitrogens with zero attached hydrogens (tertiary/aromatic N) is 1. The normalized spacial score (nSPS) is 18.4. The second kappa shape index (κ2) is 4.60. The van der Waals surface area contributed by atoms with Crippen LogP contribution in [-0.4, -0.2) is 33.8 Å². The fourth-order valence-electron chi connectivity index (χ4n) is 2.07. The molecule has 0 spiro atoms. The molecule has 1 aromatic rings. The Labute approximate surface area is 104 Å². The molecule has 1 heterocycles. The van der Waals surface area contributed by atoms with Crippen LogP contribution in [0.3, 0.4) is 0 Å². The number of likely N-dealkylation sites (tertiary alicyclic amines) is 1. The summed E-state index contributed by atoms with van der Waals surface area (Å²) in [6.07, 6.45) is -0.0622. The summed E-state index contributed by atoms with van der Waals surface area (Å²) in [4.78, 5) is 35.3. The molecule has 1 aliphatic heterocycles. The fraction of sp³-hybridized carbons (Fsp3) is 0.308. The van der Waals surface area contributed by atoms with Crippen LogP contribution >= 0.6 is 0 Å². The van der Waals surface area contributed by atoms with Gasteiger partial charge >= 0.3 is 5.97 Å². The summed E-state index contributed by atoms with van der Waals surface area (Å²) >= 11 is 0. The van der Waals surface area contributed by atoms with Crippen LogP contribution < -0.4 is 0 Å². The minimum Gasteiger partial charge on any atom is -0.481 e. The zero-order valence-electron chi connectivity index (χ0n) is 9.92. The van der Waals surface area contributed by atoms with E-state index in [1.807, 2.05) is 0 Å². The maximum Gasteiger partial charge on any atom is 0.305 e. The van der Waals surface area contributed by atoms with E-state index < -0.39 is 17.9 Å². The van der Waals surface area contributed by atoms with Crippen LogP contribution in [-0.2, 0) is 9.59 Å². The molecule has 0 aromatic heterocycles. The van der Waals surface area contributed by atoms with Crippen molar-refractivity contribution in [1.82, 2.24) is 4.90 Å². The Kier molecular flexibility index (Phi) is 3.14. The summed E-state index contributed by atoms with van der Waals surface area (Å²) in [7, 11) is 0. The molecule has 0 bridgehead atoms. The lowest BCUT2D eigenvalue weighted by Gasteiger charge is -2.38. The number of carbonyl (C=O) groups is 3. The Bertz CT molecular complexity index is 523. The van der Waals surface area contributed by atoms with Crippen molar-refractivity contribution in [3.63, 3.8) is 0 Å². The van der Waals surface area contributed by atoms with Crippen LogP contribution in [0.2, 0.25) is 0 Å². The summed E-state index contributed by atoms with van der Waals surface area (Å²) in [5.74, 6) is -1.72. The Morgan fingerprint density at radius 2 is 2.06 bits per heavy atom. The molecule has 1 atom stereocenters. The number of aliphatic carboxylic acids is 1. The quantitative estimate of drug-likeness (QED) is 0.643. The van der Waals surface area contributed by atoms with Crippen LogP contribution in [0, 0.1) is 6.92 Å². The molecule has 1 fully saturated rings. The number of hydrogen-bond donors (Lipinski definition) is 1.